The van der Waals surface area contributed by atoms with Crippen LogP contribution in [0.4, 0.5) is 11.4 Å². The standard InChI is InChI=1S/C19H22N4O/c1-14-12-23(13-16-8-4-3-5-9-16)18-11-7-6-10-17(18)20-19(14)22-21-15(2)24/h3-11,14H,12-13H2,1-2H3,(H,20,22)(H,21,24). The Morgan fingerprint density at radius 2 is 1.88 bits per heavy atom. The van der Waals surface area contributed by atoms with Crippen molar-refractivity contribution in [2.75, 3.05) is 11.4 Å². The number of aliphatic imine (C=N–C) groups is 1. The maximum absolute atomic E-state index is 11.2. The highest BCUT2D eigenvalue weighted by Gasteiger charge is 2.22. The largest absolute Gasteiger partial charge is 0.365 e. The van der Waals surface area contributed by atoms with Crippen molar-refractivity contribution in [3.05, 3.63) is 60.2 Å². The number of carbonyl (C=O) groups excluding carboxylic acids is 1. The van der Waals surface area contributed by atoms with Crippen LogP contribution in [0.25, 0.3) is 0 Å². The molecule has 1 atom stereocenters. The quantitative estimate of drug-likeness (QED) is 0.836. The van der Waals surface area contributed by atoms with Crippen LogP contribution in [0.5, 0.6) is 0 Å². The molecule has 24 heavy (non-hydrogen) atoms. The molecule has 2 N–H and O–H groups in total. The number of anilines is 1. The van der Waals surface area contributed by atoms with Gasteiger partial charge in [0.1, 0.15) is 5.84 Å². The molecule has 2 aromatic carbocycles. The summed E-state index contributed by atoms with van der Waals surface area (Å²) in [6.45, 7) is 5.23. The molecule has 1 amide bonds. The number of hydrogen-bond acceptors (Lipinski definition) is 4. The molecule has 0 saturated carbocycles. The van der Waals surface area contributed by atoms with Crippen molar-refractivity contribution in [1.82, 2.24) is 10.9 Å². The van der Waals surface area contributed by atoms with E-state index in [1.807, 2.05) is 24.3 Å². The first-order valence-corrected chi connectivity index (χ1v) is 8.12. The van der Waals surface area contributed by atoms with Crippen molar-refractivity contribution in [3.63, 3.8) is 0 Å². The van der Waals surface area contributed by atoms with Crippen LogP contribution in [0, 0.1) is 5.92 Å². The number of nitrogens with zero attached hydrogens (tertiary/aromatic N) is 2. The van der Waals surface area contributed by atoms with E-state index in [1.165, 1.54) is 12.5 Å². The van der Waals surface area contributed by atoms with Gasteiger partial charge in [0.2, 0.25) is 5.91 Å². The third-order valence-electron chi connectivity index (χ3n) is 4.01. The van der Waals surface area contributed by atoms with Gasteiger partial charge in [-0.3, -0.25) is 15.6 Å². The van der Waals surface area contributed by atoms with Crippen LogP contribution >= 0.6 is 0 Å². The van der Waals surface area contributed by atoms with E-state index in [0.29, 0.717) is 0 Å². The summed E-state index contributed by atoms with van der Waals surface area (Å²) in [5.74, 6) is 0.796. The van der Waals surface area contributed by atoms with E-state index in [-0.39, 0.29) is 11.8 Å². The Labute approximate surface area is 142 Å². The predicted octanol–water partition coefficient (Wildman–Crippen LogP) is 3.01. The summed E-state index contributed by atoms with van der Waals surface area (Å²) in [4.78, 5) is 18.3. The van der Waals surface area contributed by atoms with Crippen LogP contribution in [0.15, 0.2) is 59.6 Å². The number of fused-ring (bicyclic) bond motifs is 1. The van der Waals surface area contributed by atoms with Crippen LogP contribution in [-0.2, 0) is 11.3 Å². The van der Waals surface area contributed by atoms with Gasteiger partial charge in [-0.15, -0.1) is 0 Å². The Kier molecular flexibility index (Phi) is 4.79. The van der Waals surface area contributed by atoms with Gasteiger partial charge in [0.15, 0.2) is 0 Å². The van der Waals surface area contributed by atoms with E-state index < -0.39 is 0 Å². The number of rotatable bonds is 2. The fourth-order valence-electron chi connectivity index (χ4n) is 2.84. The summed E-state index contributed by atoms with van der Waals surface area (Å²) in [6, 6.07) is 18.5. The minimum absolute atomic E-state index is 0.136. The molecule has 2 aromatic rings. The summed E-state index contributed by atoms with van der Waals surface area (Å²) in [5.41, 5.74) is 8.86. The molecule has 0 spiro atoms. The second kappa shape index (κ2) is 7.17. The average molecular weight is 322 g/mol. The van der Waals surface area contributed by atoms with Crippen molar-refractivity contribution < 1.29 is 4.79 Å². The molecule has 0 bridgehead atoms. The van der Waals surface area contributed by atoms with Gasteiger partial charge in [0.25, 0.3) is 0 Å². The van der Waals surface area contributed by atoms with Crippen LogP contribution < -0.4 is 15.8 Å². The van der Waals surface area contributed by atoms with E-state index in [0.717, 1.165) is 30.3 Å². The van der Waals surface area contributed by atoms with Crippen molar-refractivity contribution in [2.24, 2.45) is 10.9 Å². The Balaban J connectivity index is 1.89. The molecule has 5 heteroatoms. The molecular weight excluding hydrogens is 300 g/mol. The highest BCUT2D eigenvalue weighted by Crippen LogP contribution is 2.33. The summed E-state index contributed by atoms with van der Waals surface area (Å²) in [6.07, 6.45) is 0. The van der Waals surface area contributed by atoms with E-state index in [1.54, 1.807) is 0 Å². The van der Waals surface area contributed by atoms with Crippen molar-refractivity contribution in [3.8, 4) is 0 Å². The van der Waals surface area contributed by atoms with Gasteiger partial charge >= 0.3 is 0 Å². The van der Waals surface area contributed by atoms with Gasteiger partial charge in [-0.1, -0.05) is 49.4 Å². The Morgan fingerprint density at radius 1 is 1.17 bits per heavy atom. The van der Waals surface area contributed by atoms with Crippen LogP contribution in [-0.4, -0.2) is 18.3 Å². The topological polar surface area (TPSA) is 56.7 Å². The molecule has 0 fully saturated rings. The third kappa shape index (κ3) is 3.74. The van der Waals surface area contributed by atoms with Crippen molar-refractivity contribution in [2.45, 2.75) is 20.4 Å². The number of amides is 1. The molecule has 3 rings (SSSR count). The van der Waals surface area contributed by atoms with E-state index in [9.17, 15) is 4.79 Å². The lowest BCUT2D eigenvalue weighted by Gasteiger charge is -2.27. The number of amidine groups is 1. The average Bonchev–Trinajstić information content (AvgIpc) is 2.71. The first-order valence-electron chi connectivity index (χ1n) is 8.12. The van der Waals surface area contributed by atoms with E-state index >= 15 is 0 Å². The zero-order valence-electron chi connectivity index (χ0n) is 14.0. The Bertz CT molecular complexity index is 742. The predicted molar refractivity (Wildman–Crippen MR) is 97.1 cm³/mol. The van der Waals surface area contributed by atoms with Gasteiger partial charge in [-0.05, 0) is 17.7 Å². The second-order valence-corrected chi connectivity index (χ2v) is 6.06. The molecule has 0 radical (unpaired) electrons. The molecule has 5 nitrogen and oxygen atoms in total. The molecule has 0 aliphatic carbocycles. The van der Waals surface area contributed by atoms with Crippen LogP contribution in [0.1, 0.15) is 19.4 Å². The third-order valence-corrected chi connectivity index (χ3v) is 4.01. The SMILES string of the molecule is CC(=O)NNC1=Nc2ccccc2N(Cc2ccccc2)CC1C. The van der Waals surface area contributed by atoms with Crippen molar-refractivity contribution >= 4 is 23.1 Å². The fraction of sp³-hybridized carbons (Fsp3) is 0.263. The maximum Gasteiger partial charge on any atom is 0.235 e. The van der Waals surface area contributed by atoms with Crippen molar-refractivity contribution in [1.29, 1.82) is 0 Å². The van der Waals surface area contributed by atoms with E-state index in [2.05, 4.69) is 53.0 Å². The lowest BCUT2D eigenvalue weighted by Crippen LogP contribution is -2.45. The Morgan fingerprint density at radius 3 is 2.62 bits per heavy atom. The Hall–Kier alpha value is -2.82. The summed E-state index contributed by atoms with van der Waals surface area (Å²) < 4.78 is 0. The molecule has 0 aromatic heterocycles. The maximum atomic E-state index is 11.2. The molecule has 124 valence electrons. The molecule has 1 aliphatic rings. The van der Waals surface area contributed by atoms with Gasteiger partial charge in [0, 0.05) is 25.9 Å². The van der Waals surface area contributed by atoms with Crippen LogP contribution in [0.2, 0.25) is 0 Å². The highest BCUT2D eigenvalue weighted by atomic mass is 16.2. The number of benzene rings is 2. The summed E-state index contributed by atoms with van der Waals surface area (Å²) in [5, 5.41) is 0. The normalized spacial score (nSPS) is 16.7. The minimum Gasteiger partial charge on any atom is -0.365 e. The summed E-state index contributed by atoms with van der Waals surface area (Å²) >= 11 is 0. The highest BCUT2D eigenvalue weighted by molar-refractivity contribution is 5.91. The van der Waals surface area contributed by atoms with Gasteiger partial charge < -0.3 is 4.90 Å². The smallest absolute Gasteiger partial charge is 0.235 e. The number of hydrazine groups is 1. The molecule has 1 unspecified atom stereocenters. The molecular formula is C19H22N4O. The number of para-hydroxylation sites is 2. The molecule has 0 saturated heterocycles. The number of carbonyl (C=O) groups is 1. The molecule has 1 aliphatic heterocycles. The lowest BCUT2D eigenvalue weighted by atomic mass is 10.1. The second-order valence-electron chi connectivity index (χ2n) is 6.06. The fourth-order valence-corrected chi connectivity index (χ4v) is 2.84. The zero-order valence-corrected chi connectivity index (χ0v) is 14.0. The monoisotopic (exact) mass is 322 g/mol. The first-order chi connectivity index (χ1) is 11.6. The van der Waals surface area contributed by atoms with Gasteiger partial charge in [-0.25, -0.2) is 4.99 Å². The summed E-state index contributed by atoms with van der Waals surface area (Å²) in [7, 11) is 0. The molecule has 1 heterocycles. The van der Waals surface area contributed by atoms with E-state index in [4.69, 9.17) is 4.99 Å². The van der Waals surface area contributed by atoms with Gasteiger partial charge in [0.05, 0.1) is 11.4 Å². The lowest BCUT2D eigenvalue weighted by molar-refractivity contribution is -0.119. The minimum atomic E-state index is -0.136. The number of nitrogens with one attached hydrogen (secondary N) is 2. The zero-order chi connectivity index (χ0) is 16.9. The van der Waals surface area contributed by atoms with Gasteiger partial charge in [-0.2, -0.15) is 0 Å². The van der Waals surface area contributed by atoms with Crippen LogP contribution in [0.3, 0.4) is 0 Å². The number of hydrogen-bond donors (Lipinski definition) is 2. The first kappa shape index (κ1) is 16.1.